The molecule has 3 nitrogen and oxygen atoms in total. The third-order valence-corrected chi connectivity index (χ3v) is 1.90. The van der Waals surface area contributed by atoms with Crippen LogP contribution in [0.3, 0.4) is 0 Å². The van der Waals surface area contributed by atoms with Crippen molar-refractivity contribution in [1.29, 1.82) is 0 Å². The van der Waals surface area contributed by atoms with Gasteiger partial charge in [-0.3, -0.25) is 4.79 Å². The first-order valence-electron chi connectivity index (χ1n) is 4.50. The van der Waals surface area contributed by atoms with Crippen molar-refractivity contribution in [2.24, 2.45) is 0 Å². The summed E-state index contributed by atoms with van der Waals surface area (Å²) in [5, 5.41) is 9.58. The van der Waals surface area contributed by atoms with Crippen LogP contribution in [0.4, 0.5) is 0 Å². The quantitative estimate of drug-likeness (QED) is 0.751. The van der Waals surface area contributed by atoms with Crippen molar-refractivity contribution in [3.8, 4) is 11.5 Å². The first kappa shape index (κ1) is 10.6. The maximum atomic E-state index is 10.5. The highest BCUT2D eigenvalue weighted by Crippen LogP contribution is 2.29. The van der Waals surface area contributed by atoms with Gasteiger partial charge in [0.15, 0.2) is 6.29 Å². The number of rotatable bonds is 3. The Kier molecular flexibility index (Phi) is 3.12. The van der Waals surface area contributed by atoms with Crippen LogP contribution in [0.15, 0.2) is 12.1 Å². The lowest BCUT2D eigenvalue weighted by Gasteiger charge is -2.13. The molecule has 0 bridgehead atoms. The van der Waals surface area contributed by atoms with Crippen LogP contribution < -0.4 is 4.74 Å². The lowest BCUT2D eigenvalue weighted by molar-refractivity contribution is 0.112. The van der Waals surface area contributed by atoms with E-state index in [0.717, 1.165) is 0 Å². The van der Waals surface area contributed by atoms with Gasteiger partial charge in [0.05, 0.1) is 11.7 Å². The highest BCUT2D eigenvalue weighted by atomic mass is 16.5. The zero-order valence-corrected chi connectivity index (χ0v) is 8.57. The van der Waals surface area contributed by atoms with E-state index in [-0.39, 0.29) is 11.9 Å². The van der Waals surface area contributed by atoms with Crippen molar-refractivity contribution in [3.05, 3.63) is 23.3 Å². The topological polar surface area (TPSA) is 46.5 Å². The normalized spacial score (nSPS) is 10.3. The number of phenolic OH excluding ortho intramolecular Hbond substituents is 1. The second-order valence-corrected chi connectivity index (χ2v) is 3.41. The minimum Gasteiger partial charge on any atom is -0.507 e. The summed E-state index contributed by atoms with van der Waals surface area (Å²) in [6, 6.07) is 3.24. The van der Waals surface area contributed by atoms with E-state index in [2.05, 4.69) is 0 Å². The van der Waals surface area contributed by atoms with Gasteiger partial charge in [0.2, 0.25) is 0 Å². The summed E-state index contributed by atoms with van der Waals surface area (Å²) < 4.78 is 5.45. The van der Waals surface area contributed by atoms with Gasteiger partial charge in [-0.15, -0.1) is 0 Å². The van der Waals surface area contributed by atoms with E-state index >= 15 is 0 Å². The molecule has 3 heteroatoms. The van der Waals surface area contributed by atoms with Crippen LogP contribution in [0.2, 0.25) is 0 Å². The van der Waals surface area contributed by atoms with Crippen LogP contribution in [-0.4, -0.2) is 17.5 Å². The Labute approximate surface area is 83.3 Å². The molecule has 0 unspecified atom stereocenters. The molecule has 0 heterocycles. The number of phenols is 1. The first-order valence-corrected chi connectivity index (χ1v) is 4.50. The summed E-state index contributed by atoms with van der Waals surface area (Å²) in [7, 11) is 0. The Hall–Kier alpha value is -1.51. The van der Waals surface area contributed by atoms with Gasteiger partial charge in [-0.25, -0.2) is 0 Å². The molecule has 1 rings (SSSR count). The van der Waals surface area contributed by atoms with Gasteiger partial charge in [0.1, 0.15) is 11.5 Å². The van der Waals surface area contributed by atoms with E-state index in [0.29, 0.717) is 23.2 Å². The van der Waals surface area contributed by atoms with Crippen LogP contribution in [0.25, 0.3) is 0 Å². The number of hydrogen-bond acceptors (Lipinski definition) is 3. The molecule has 76 valence electrons. The molecule has 0 aliphatic rings. The second kappa shape index (κ2) is 4.13. The van der Waals surface area contributed by atoms with Crippen LogP contribution in [0, 0.1) is 6.92 Å². The average molecular weight is 194 g/mol. The molecule has 1 aromatic carbocycles. The number of carbonyl (C=O) groups excluding carboxylic acids is 1. The van der Waals surface area contributed by atoms with Gasteiger partial charge in [-0.1, -0.05) is 0 Å². The van der Waals surface area contributed by atoms with Crippen molar-refractivity contribution >= 4 is 6.29 Å². The fourth-order valence-corrected chi connectivity index (χ4v) is 1.18. The molecule has 0 aromatic heterocycles. The summed E-state index contributed by atoms with van der Waals surface area (Å²) in [6.07, 6.45) is 0.678. The number of benzene rings is 1. The molecular weight excluding hydrogens is 180 g/mol. The SMILES string of the molecule is Cc1c(OC(C)C)ccc(C=O)c1O. The molecule has 0 aliphatic carbocycles. The number of ether oxygens (including phenoxy) is 1. The molecule has 0 saturated carbocycles. The van der Waals surface area contributed by atoms with Crippen molar-refractivity contribution in [2.75, 3.05) is 0 Å². The van der Waals surface area contributed by atoms with Crippen LogP contribution in [0.1, 0.15) is 29.8 Å². The Morgan fingerprint density at radius 3 is 2.57 bits per heavy atom. The number of hydrogen-bond donors (Lipinski definition) is 1. The summed E-state index contributed by atoms with van der Waals surface area (Å²) in [5.41, 5.74) is 0.891. The van der Waals surface area contributed by atoms with E-state index in [4.69, 9.17) is 4.74 Å². The second-order valence-electron chi connectivity index (χ2n) is 3.41. The third kappa shape index (κ3) is 2.05. The standard InChI is InChI=1S/C11H14O3/c1-7(2)14-10-5-4-9(6-12)11(13)8(10)3/h4-7,13H,1-3H3. The van der Waals surface area contributed by atoms with E-state index in [1.807, 2.05) is 13.8 Å². The Balaban J connectivity index is 3.10. The molecule has 0 fully saturated rings. The lowest BCUT2D eigenvalue weighted by atomic mass is 10.1. The summed E-state index contributed by atoms with van der Waals surface area (Å²) in [6.45, 7) is 5.54. The fraction of sp³-hybridized carbons (Fsp3) is 0.364. The lowest BCUT2D eigenvalue weighted by Crippen LogP contribution is -2.06. The van der Waals surface area contributed by atoms with Crippen LogP contribution >= 0.6 is 0 Å². The number of carbonyl (C=O) groups is 1. The largest absolute Gasteiger partial charge is 0.507 e. The van der Waals surface area contributed by atoms with Crippen molar-refractivity contribution in [3.63, 3.8) is 0 Å². The number of aromatic hydroxyl groups is 1. The minimum atomic E-state index is -0.00171. The minimum absolute atomic E-state index is 0.00171. The van der Waals surface area contributed by atoms with E-state index in [1.165, 1.54) is 0 Å². The highest BCUT2D eigenvalue weighted by molar-refractivity contribution is 5.80. The summed E-state index contributed by atoms with van der Waals surface area (Å²) >= 11 is 0. The predicted molar refractivity (Wildman–Crippen MR) is 54.0 cm³/mol. The Morgan fingerprint density at radius 2 is 2.07 bits per heavy atom. The van der Waals surface area contributed by atoms with Crippen LogP contribution in [-0.2, 0) is 0 Å². The molecule has 1 aromatic rings. The summed E-state index contributed by atoms with van der Waals surface area (Å²) in [5.74, 6) is 0.612. The summed E-state index contributed by atoms with van der Waals surface area (Å²) in [4.78, 5) is 10.5. The zero-order valence-electron chi connectivity index (χ0n) is 8.57. The molecule has 0 amide bonds. The molecular formula is C11H14O3. The molecule has 1 N–H and O–H groups in total. The van der Waals surface area contributed by atoms with Gasteiger partial charge in [0, 0.05) is 5.56 Å². The van der Waals surface area contributed by atoms with Crippen molar-refractivity contribution in [1.82, 2.24) is 0 Å². The van der Waals surface area contributed by atoms with E-state index in [9.17, 15) is 9.90 Å². The fourth-order valence-electron chi connectivity index (χ4n) is 1.18. The smallest absolute Gasteiger partial charge is 0.153 e. The third-order valence-electron chi connectivity index (χ3n) is 1.90. The molecule has 0 aliphatic heterocycles. The molecule has 14 heavy (non-hydrogen) atoms. The highest BCUT2D eigenvalue weighted by Gasteiger charge is 2.09. The molecule has 0 radical (unpaired) electrons. The molecule has 0 saturated heterocycles. The van der Waals surface area contributed by atoms with Crippen LogP contribution in [0.5, 0.6) is 11.5 Å². The van der Waals surface area contributed by atoms with Crippen molar-refractivity contribution < 1.29 is 14.6 Å². The predicted octanol–water partition coefficient (Wildman–Crippen LogP) is 2.30. The van der Waals surface area contributed by atoms with Gasteiger partial charge in [-0.05, 0) is 32.9 Å². The van der Waals surface area contributed by atoms with E-state index < -0.39 is 0 Å². The van der Waals surface area contributed by atoms with Gasteiger partial charge >= 0.3 is 0 Å². The van der Waals surface area contributed by atoms with Crippen molar-refractivity contribution in [2.45, 2.75) is 26.9 Å². The van der Waals surface area contributed by atoms with E-state index in [1.54, 1.807) is 19.1 Å². The van der Waals surface area contributed by atoms with Gasteiger partial charge < -0.3 is 9.84 Å². The number of aldehydes is 1. The maximum absolute atomic E-state index is 10.5. The Morgan fingerprint density at radius 1 is 1.43 bits per heavy atom. The Bertz CT molecular complexity index is 343. The zero-order chi connectivity index (χ0) is 10.7. The average Bonchev–Trinajstić information content (AvgIpc) is 2.13. The van der Waals surface area contributed by atoms with Gasteiger partial charge in [0.25, 0.3) is 0 Å². The maximum Gasteiger partial charge on any atom is 0.153 e. The van der Waals surface area contributed by atoms with Gasteiger partial charge in [-0.2, -0.15) is 0 Å². The monoisotopic (exact) mass is 194 g/mol. The molecule has 0 spiro atoms. The first-order chi connectivity index (χ1) is 6.56. The molecule has 0 atom stereocenters.